The second kappa shape index (κ2) is 11.4. The fourth-order valence-corrected chi connectivity index (χ4v) is 6.90. The summed E-state index contributed by atoms with van der Waals surface area (Å²) in [4.78, 5) is 12.2. The van der Waals surface area contributed by atoms with E-state index in [9.17, 15) is 8.42 Å². The highest BCUT2D eigenvalue weighted by molar-refractivity contribution is 14.1. The van der Waals surface area contributed by atoms with Gasteiger partial charge in [-0.25, -0.2) is 13.4 Å². The summed E-state index contributed by atoms with van der Waals surface area (Å²) in [5.41, 5.74) is 2.84. The number of hydrogen-bond acceptors (Lipinski definition) is 8. The molecule has 198 valence electrons. The van der Waals surface area contributed by atoms with Gasteiger partial charge in [0, 0.05) is 37.2 Å². The predicted octanol–water partition coefficient (Wildman–Crippen LogP) is 4.46. The van der Waals surface area contributed by atoms with Crippen LogP contribution in [0.2, 0.25) is 0 Å². The number of fused-ring (bicyclic) bond motifs is 2. The highest BCUT2D eigenvalue weighted by atomic mass is 127. The zero-order chi connectivity index (χ0) is 25.9. The van der Waals surface area contributed by atoms with E-state index in [0.29, 0.717) is 23.9 Å². The maximum Gasteiger partial charge on any atom is 0.228 e. The van der Waals surface area contributed by atoms with Crippen LogP contribution in [0.25, 0.3) is 10.9 Å². The topological polar surface area (TPSA) is 96.5 Å². The molecule has 2 aromatic carbocycles. The lowest BCUT2D eigenvalue weighted by Crippen LogP contribution is -2.56. The van der Waals surface area contributed by atoms with Crippen molar-refractivity contribution < 1.29 is 13.2 Å². The van der Waals surface area contributed by atoms with E-state index in [1.165, 1.54) is 6.42 Å². The molecule has 5 rings (SSSR count). The van der Waals surface area contributed by atoms with Gasteiger partial charge in [0.25, 0.3) is 0 Å². The van der Waals surface area contributed by atoms with Crippen LogP contribution < -0.4 is 15.5 Å². The van der Waals surface area contributed by atoms with Gasteiger partial charge in [-0.1, -0.05) is 52.4 Å². The first-order chi connectivity index (χ1) is 17.9. The van der Waals surface area contributed by atoms with Crippen molar-refractivity contribution in [2.24, 2.45) is 0 Å². The first-order valence-electron chi connectivity index (χ1n) is 12.9. The van der Waals surface area contributed by atoms with Gasteiger partial charge in [-0.3, -0.25) is 0 Å². The Morgan fingerprint density at radius 2 is 2.00 bits per heavy atom. The summed E-state index contributed by atoms with van der Waals surface area (Å²) >= 11 is 2.23. The van der Waals surface area contributed by atoms with Gasteiger partial charge in [-0.15, -0.1) is 0 Å². The molecule has 10 heteroatoms. The monoisotopic (exact) mass is 635 g/mol. The number of nitrogens with zero attached hydrogens (tertiary/aromatic N) is 3. The van der Waals surface area contributed by atoms with Gasteiger partial charge in [-0.05, 0) is 62.9 Å². The van der Waals surface area contributed by atoms with Crippen molar-refractivity contribution >= 4 is 55.1 Å². The molecule has 1 aromatic heterocycles. The Hall–Kier alpha value is -2.02. The van der Waals surface area contributed by atoms with E-state index in [1.807, 2.05) is 23.1 Å². The number of sulfone groups is 1. The summed E-state index contributed by atoms with van der Waals surface area (Å²) < 4.78 is 32.0. The van der Waals surface area contributed by atoms with Gasteiger partial charge >= 0.3 is 0 Å². The molecule has 3 aromatic rings. The van der Waals surface area contributed by atoms with Gasteiger partial charge in [-0.2, -0.15) is 4.98 Å². The van der Waals surface area contributed by atoms with E-state index in [0.717, 1.165) is 71.4 Å². The van der Waals surface area contributed by atoms with Crippen molar-refractivity contribution in [3.05, 3.63) is 53.6 Å². The number of nitrogens with one attached hydrogen (secondary N) is 2. The number of rotatable bonds is 10. The number of anilines is 2. The van der Waals surface area contributed by atoms with Gasteiger partial charge in [0.15, 0.2) is 9.84 Å². The van der Waals surface area contributed by atoms with E-state index in [2.05, 4.69) is 52.3 Å². The molecule has 2 aliphatic rings. The normalized spacial score (nSPS) is 18.2. The molecule has 1 fully saturated rings. The largest absolute Gasteiger partial charge is 0.371 e. The first-order valence-corrected chi connectivity index (χ1v) is 16.0. The average molecular weight is 636 g/mol. The number of alkyl halides is 1. The standard InChI is InChI=1S/C27H34IN5O3S/c1-20-8-9-23-22(16-20)25(29-18-27(10-4-11-27)30-12-5-14-36-19-28)32-26(31-23)33-13-15-37(34,35)24-7-3-2-6-21(24)17-33/h2-3,6-9,16,30H,4-5,10-15,17-19H2,1H3,(H,29,31,32). The Balaban J connectivity index is 1.41. The molecule has 1 saturated carbocycles. The molecule has 1 aliphatic heterocycles. The van der Waals surface area contributed by atoms with E-state index in [1.54, 1.807) is 12.1 Å². The van der Waals surface area contributed by atoms with Crippen LogP contribution in [-0.4, -0.2) is 60.5 Å². The zero-order valence-corrected chi connectivity index (χ0v) is 24.1. The van der Waals surface area contributed by atoms with Crippen LogP contribution in [0.15, 0.2) is 47.4 Å². The Labute approximate surface area is 232 Å². The molecule has 0 atom stereocenters. The number of hydrogen-bond donors (Lipinski definition) is 2. The predicted molar refractivity (Wildman–Crippen MR) is 156 cm³/mol. The van der Waals surface area contributed by atoms with Gasteiger partial charge in [0.1, 0.15) is 5.82 Å². The minimum Gasteiger partial charge on any atom is -0.371 e. The van der Waals surface area contributed by atoms with Crippen molar-refractivity contribution in [1.82, 2.24) is 15.3 Å². The summed E-state index contributed by atoms with van der Waals surface area (Å²) in [6.45, 7) is 5.34. The minimum absolute atomic E-state index is 0.0381. The van der Waals surface area contributed by atoms with Crippen LogP contribution >= 0.6 is 22.6 Å². The van der Waals surface area contributed by atoms with E-state index in [4.69, 9.17) is 14.7 Å². The maximum absolute atomic E-state index is 12.9. The van der Waals surface area contributed by atoms with Crippen molar-refractivity contribution in [2.45, 2.75) is 49.6 Å². The molecule has 0 radical (unpaired) electrons. The third kappa shape index (κ3) is 6.02. The lowest BCUT2D eigenvalue weighted by Gasteiger charge is -2.43. The van der Waals surface area contributed by atoms with Crippen LogP contribution in [-0.2, 0) is 21.1 Å². The van der Waals surface area contributed by atoms with Gasteiger partial charge in [0.05, 0.1) is 20.8 Å². The molecule has 0 bridgehead atoms. The third-order valence-electron chi connectivity index (χ3n) is 7.37. The van der Waals surface area contributed by atoms with Crippen LogP contribution in [0.3, 0.4) is 0 Å². The molecule has 0 spiro atoms. The van der Waals surface area contributed by atoms with E-state index in [-0.39, 0.29) is 11.3 Å². The second-order valence-electron chi connectivity index (χ2n) is 10.0. The van der Waals surface area contributed by atoms with Crippen molar-refractivity contribution in [1.29, 1.82) is 0 Å². The first kappa shape index (κ1) is 26.6. The molecule has 0 unspecified atom stereocenters. The highest BCUT2D eigenvalue weighted by Crippen LogP contribution is 2.34. The average Bonchev–Trinajstić information content (AvgIpc) is 3.00. The highest BCUT2D eigenvalue weighted by Gasteiger charge is 2.36. The van der Waals surface area contributed by atoms with Gasteiger partial charge < -0.3 is 20.3 Å². The molecule has 0 saturated heterocycles. The summed E-state index contributed by atoms with van der Waals surface area (Å²) in [6, 6.07) is 13.4. The van der Waals surface area contributed by atoms with Crippen molar-refractivity contribution in [3.63, 3.8) is 0 Å². The fourth-order valence-electron chi connectivity index (χ4n) is 5.09. The summed E-state index contributed by atoms with van der Waals surface area (Å²) in [5.74, 6) is 1.39. The number of halogens is 1. The Bertz CT molecular complexity index is 1360. The molecular formula is C27H34IN5O3S. The quantitative estimate of drug-likeness (QED) is 0.192. The summed E-state index contributed by atoms with van der Waals surface area (Å²) in [6.07, 6.45) is 4.46. The van der Waals surface area contributed by atoms with E-state index >= 15 is 0 Å². The van der Waals surface area contributed by atoms with E-state index < -0.39 is 9.84 Å². The molecule has 8 nitrogen and oxygen atoms in total. The molecular weight excluding hydrogens is 601 g/mol. The third-order valence-corrected chi connectivity index (χ3v) is 9.60. The zero-order valence-electron chi connectivity index (χ0n) is 21.2. The molecule has 37 heavy (non-hydrogen) atoms. The number of benzene rings is 2. The van der Waals surface area contributed by atoms with Crippen molar-refractivity contribution in [3.8, 4) is 0 Å². The van der Waals surface area contributed by atoms with Gasteiger partial charge in [0.2, 0.25) is 5.95 Å². The Kier molecular flexibility index (Phi) is 8.18. The van der Waals surface area contributed by atoms with Crippen molar-refractivity contribution in [2.75, 3.05) is 46.8 Å². The number of ether oxygens (including phenoxy) is 1. The van der Waals surface area contributed by atoms with Crippen LogP contribution in [0.4, 0.5) is 11.8 Å². The minimum atomic E-state index is -3.35. The summed E-state index contributed by atoms with van der Waals surface area (Å²) in [7, 11) is -3.35. The molecule has 0 amide bonds. The number of aromatic nitrogens is 2. The molecule has 2 N–H and O–H groups in total. The second-order valence-corrected chi connectivity index (χ2v) is 12.7. The van der Waals surface area contributed by atoms with Crippen LogP contribution in [0.1, 0.15) is 36.8 Å². The fraction of sp³-hybridized carbons (Fsp3) is 0.481. The molecule has 1 aliphatic carbocycles. The van der Waals surface area contributed by atoms with Crippen LogP contribution in [0, 0.1) is 6.92 Å². The SMILES string of the molecule is Cc1ccc2nc(N3CCS(=O)(=O)c4ccccc4C3)nc(NCC3(NCCCOCI)CCC3)c2c1. The Morgan fingerprint density at radius 3 is 2.78 bits per heavy atom. The molecule has 2 heterocycles. The lowest BCUT2D eigenvalue weighted by atomic mass is 9.76. The maximum atomic E-state index is 12.9. The summed E-state index contributed by atoms with van der Waals surface area (Å²) in [5, 5.41) is 8.39. The smallest absolute Gasteiger partial charge is 0.228 e. The van der Waals surface area contributed by atoms with Crippen LogP contribution in [0.5, 0.6) is 0 Å². The lowest BCUT2D eigenvalue weighted by molar-refractivity contribution is 0.165. The Morgan fingerprint density at radius 1 is 1.16 bits per heavy atom. The number of aryl methyl sites for hydroxylation is 1.